The third-order valence-corrected chi connectivity index (χ3v) is 6.18. The van der Waals surface area contributed by atoms with Gasteiger partial charge in [-0.15, -0.1) is 0 Å². The van der Waals surface area contributed by atoms with Crippen LogP contribution in [0.3, 0.4) is 0 Å². The number of aryl methyl sites for hydroxylation is 1. The van der Waals surface area contributed by atoms with Crippen LogP contribution in [-0.2, 0) is 16.6 Å². The molecule has 0 aromatic carbocycles. The van der Waals surface area contributed by atoms with E-state index < -0.39 is 10.0 Å². The van der Waals surface area contributed by atoms with Gasteiger partial charge in [-0.2, -0.15) is 4.31 Å². The normalized spacial score (nSPS) is 31.8. The molecule has 1 aromatic rings. The number of rotatable bonds is 3. The fraction of sp³-hybridized carbons (Fsp3) is 0.750. The van der Waals surface area contributed by atoms with Gasteiger partial charge in [0.15, 0.2) is 5.03 Å². The van der Waals surface area contributed by atoms with E-state index in [-0.39, 0.29) is 11.1 Å². The van der Waals surface area contributed by atoms with Gasteiger partial charge in [0.25, 0.3) is 10.0 Å². The molecular weight excluding hydrogens is 264 g/mol. The van der Waals surface area contributed by atoms with Crippen molar-refractivity contribution in [2.45, 2.75) is 37.4 Å². The first-order chi connectivity index (χ1) is 9.02. The van der Waals surface area contributed by atoms with E-state index in [2.05, 4.69) is 4.98 Å². The fourth-order valence-electron chi connectivity index (χ4n) is 3.24. The zero-order valence-corrected chi connectivity index (χ0v) is 11.9. The fourth-order valence-corrected chi connectivity index (χ4v) is 4.71. The first-order valence-corrected chi connectivity index (χ1v) is 8.24. The monoisotopic (exact) mass is 284 g/mol. The van der Waals surface area contributed by atoms with Crippen molar-refractivity contribution in [3.63, 3.8) is 0 Å². The first kappa shape index (κ1) is 13.1. The van der Waals surface area contributed by atoms with Crippen molar-refractivity contribution >= 4 is 10.0 Å². The second kappa shape index (κ2) is 4.57. The van der Waals surface area contributed by atoms with Gasteiger partial charge in [0.05, 0.1) is 6.33 Å². The van der Waals surface area contributed by atoms with Crippen molar-refractivity contribution in [3.05, 3.63) is 12.5 Å². The summed E-state index contributed by atoms with van der Waals surface area (Å²) in [5, 5.41) is 0.155. The number of imidazole rings is 1. The molecule has 3 rings (SSSR count). The molecular formula is C12H20N4O2S. The standard InChI is InChI=1S/C12H20N4O2S/c1-2-15-7-12(14-8-15)19(17,18)16-5-9-3-4-11(13)10(9)6-16/h7-11H,2-6,13H2,1H3. The Morgan fingerprint density at radius 2 is 2.21 bits per heavy atom. The molecule has 3 atom stereocenters. The van der Waals surface area contributed by atoms with Crippen molar-refractivity contribution in [2.75, 3.05) is 13.1 Å². The van der Waals surface area contributed by atoms with E-state index in [1.807, 2.05) is 6.92 Å². The molecule has 0 spiro atoms. The lowest BCUT2D eigenvalue weighted by Crippen LogP contribution is -2.33. The molecule has 1 aliphatic heterocycles. The predicted molar refractivity (Wildman–Crippen MR) is 70.8 cm³/mol. The summed E-state index contributed by atoms with van der Waals surface area (Å²) in [6.45, 7) is 3.82. The van der Waals surface area contributed by atoms with E-state index in [1.165, 1.54) is 0 Å². The van der Waals surface area contributed by atoms with E-state index in [0.29, 0.717) is 24.9 Å². The Morgan fingerprint density at radius 1 is 1.42 bits per heavy atom. The van der Waals surface area contributed by atoms with Crippen LogP contribution in [0.5, 0.6) is 0 Å². The van der Waals surface area contributed by atoms with Gasteiger partial charge in [-0.25, -0.2) is 13.4 Å². The maximum Gasteiger partial charge on any atom is 0.262 e. The number of sulfonamides is 1. The van der Waals surface area contributed by atoms with E-state index in [4.69, 9.17) is 5.73 Å². The molecule has 2 N–H and O–H groups in total. The maximum atomic E-state index is 12.5. The van der Waals surface area contributed by atoms with Crippen molar-refractivity contribution in [1.82, 2.24) is 13.9 Å². The molecule has 2 fully saturated rings. The van der Waals surface area contributed by atoms with Gasteiger partial charge >= 0.3 is 0 Å². The SMILES string of the molecule is CCn1cnc(S(=O)(=O)N2CC3CCC(N)C3C2)c1. The Kier molecular flexibility index (Phi) is 3.15. The van der Waals surface area contributed by atoms with E-state index >= 15 is 0 Å². The van der Waals surface area contributed by atoms with Crippen molar-refractivity contribution < 1.29 is 8.42 Å². The molecule has 2 aliphatic rings. The number of nitrogens with zero attached hydrogens (tertiary/aromatic N) is 3. The van der Waals surface area contributed by atoms with Crippen LogP contribution in [0, 0.1) is 11.8 Å². The highest BCUT2D eigenvalue weighted by Gasteiger charge is 2.45. The number of hydrogen-bond donors (Lipinski definition) is 1. The summed E-state index contributed by atoms with van der Waals surface area (Å²) in [6, 6.07) is 0.151. The molecule has 106 valence electrons. The zero-order valence-electron chi connectivity index (χ0n) is 11.1. The highest BCUT2D eigenvalue weighted by Crippen LogP contribution is 2.38. The van der Waals surface area contributed by atoms with E-state index in [9.17, 15) is 8.42 Å². The highest BCUT2D eigenvalue weighted by molar-refractivity contribution is 7.89. The Morgan fingerprint density at radius 3 is 2.84 bits per heavy atom. The number of aromatic nitrogens is 2. The summed E-state index contributed by atoms with van der Waals surface area (Å²) in [7, 11) is -3.45. The first-order valence-electron chi connectivity index (χ1n) is 6.80. The van der Waals surface area contributed by atoms with Crippen LogP contribution in [0.2, 0.25) is 0 Å². The molecule has 1 saturated carbocycles. The lowest BCUT2D eigenvalue weighted by Gasteiger charge is -2.17. The molecule has 3 unspecified atom stereocenters. The summed E-state index contributed by atoms with van der Waals surface area (Å²) in [4.78, 5) is 4.02. The summed E-state index contributed by atoms with van der Waals surface area (Å²) in [6.07, 6.45) is 5.23. The molecule has 19 heavy (non-hydrogen) atoms. The lowest BCUT2D eigenvalue weighted by molar-refractivity contribution is 0.426. The minimum absolute atomic E-state index is 0.151. The quantitative estimate of drug-likeness (QED) is 0.863. The van der Waals surface area contributed by atoms with Crippen LogP contribution in [0.1, 0.15) is 19.8 Å². The smallest absolute Gasteiger partial charge is 0.262 e. The van der Waals surface area contributed by atoms with Gasteiger partial charge in [-0.3, -0.25) is 0 Å². The molecule has 1 aliphatic carbocycles. The number of fused-ring (bicyclic) bond motifs is 1. The maximum absolute atomic E-state index is 12.5. The highest BCUT2D eigenvalue weighted by atomic mass is 32.2. The topological polar surface area (TPSA) is 81.2 Å². The number of hydrogen-bond acceptors (Lipinski definition) is 4. The Labute approximate surface area is 113 Å². The van der Waals surface area contributed by atoms with Gasteiger partial charge in [-0.1, -0.05) is 0 Å². The van der Waals surface area contributed by atoms with Gasteiger partial charge in [0, 0.05) is 31.9 Å². The predicted octanol–water partition coefficient (Wildman–Crippen LogP) is 0.261. The van der Waals surface area contributed by atoms with Gasteiger partial charge < -0.3 is 10.3 Å². The second-order valence-corrected chi connectivity index (χ2v) is 7.41. The number of nitrogens with two attached hydrogens (primary N) is 1. The van der Waals surface area contributed by atoms with E-state index in [0.717, 1.165) is 19.4 Å². The Hall–Kier alpha value is -0.920. The lowest BCUT2D eigenvalue weighted by atomic mass is 9.98. The minimum atomic E-state index is -3.45. The van der Waals surface area contributed by atoms with Crippen LogP contribution in [0.4, 0.5) is 0 Å². The summed E-state index contributed by atoms with van der Waals surface area (Å²) in [5.41, 5.74) is 6.05. The van der Waals surface area contributed by atoms with Gasteiger partial charge in [-0.05, 0) is 31.6 Å². The molecule has 2 heterocycles. The van der Waals surface area contributed by atoms with Crippen LogP contribution in [0.15, 0.2) is 17.6 Å². The van der Waals surface area contributed by atoms with Crippen LogP contribution < -0.4 is 5.73 Å². The largest absolute Gasteiger partial charge is 0.336 e. The average Bonchev–Trinajstić information content (AvgIpc) is 3.06. The molecule has 1 saturated heterocycles. The Bertz CT molecular complexity index is 568. The molecule has 0 amide bonds. The third-order valence-electron chi connectivity index (χ3n) is 4.46. The average molecular weight is 284 g/mol. The second-order valence-electron chi connectivity index (χ2n) is 5.53. The summed E-state index contributed by atoms with van der Waals surface area (Å²) >= 11 is 0. The summed E-state index contributed by atoms with van der Waals surface area (Å²) < 4.78 is 28.4. The molecule has 1 aromatic heterocycles. The zero-order chi connectivity index (χ0) is 13.6. The minimum Gasteiger partial charge on any atom is -0.336 e. The van der Waals surface area contributed by atoms with Crippen LogP contribution >= 0.6 is 0 Å². The van der Waals surface area contributed by atoms with Crippen LogP contribution in [0.25, 0.3) is 0 Å². The molecule has 0 bridgehead atoms. The van der Waals surface area contributed by atoms with Gasteiger partial charge in [0.2, 0.25) is 0 Å². The van der Waals surface area contributed by atoms with Crippen molar-refractivity contribution in [3.8, 4) is 0 Å². The molecule has 6 nitrogen and oxygen atoms in total. The van der Waals surface area contributed by atoms with Gasteiger partial charge in [0.1, 0.15) is 0 Å². The molecule has 0 radical (unpaired) electrons. The summed E-state index contributed by atoms with van der Waals surface area (Å²) in [5.74, 6) is 0.751. The van der Waals surface area contributed by atoms with Crippen molar-refractivity contribution in [2.24, 2.45) is 17.6 Å². The Balaban J connectivity index is 1.82. The third kappa shape index (κ3) is 2.09. The van der Waals surface area contributed by atoms with Crippen molar-refractivity contribution in [1.29, 1.82) is 0 Å². The molecule has 7 heteroatoms. The van der Waals surface area contributed by atoms with E-state index in [1.54, 1.807) is 21.4 Å². The van der Waals surface area contributed by atoms with Crippen LogP contribution in [-0.4, -0.2) is 41.4 Å².